The van der Waals surface area contributed by atoms with E-state index in [-0.39, 0.29) is 16.6 Å². The molecule has 0 fully saturated rings. The van der Waals surface area contributed by atoms with Crippen molar-refractivity contribution in [3.8, 4) is 12.1 Å². The van der Waals surface area contributed by atoms with Gasteiger partial charge in [-0.2, -0.15) is 10.5 Å². The highest BCUT2D eigenvalue weighted by Crippen LogP contribution is 2.30. The number of halogens is 3. The van der Waals surface area contributed by atoms with Gasteiger partial charge in [-0.3, -0.25) is 0 Å². The first-order valence-electron chi connectivity index (χ1n) is 3.84. The number of hydrogen-bond acceptors (Lipinski definition) is 3. The summed E-state index contributed by atoms with van der Waals surface area (Å²) in [5.41, 5.74) is -0.478. The molecule has 0 aliphatic carbocycles. The quantitative estimate of drug-likeness (QED) is 0.831. The maximum Gasteiger partial charge on any atom is 0.267 e. The number of nitriles is 2. The second kappa shape index (κ2) is 4.81. The van der Waals surface area contributed by atoms with E-state index in [0.717, 1.165) is 0 Å². The summed E-state index contributed by atoms with van der Waals surface area (Å²) in [5, 5.41) is 17.1. The monoisotopic (exact) mass is 271 g/mol. The molecule has 0 N–H and O–H groups in total. The molecule has 1 aromatic rings. The zero-order valence-corrected chi connectivity index (χ0v) is 8.92. The van der Waals surface area contributed by atoms with Crippen LogP contribution >= 0.6 is 15.9 Å². The standard InChI is InChI=1S/C9H4BrF2N3/c10-6-3-5(1-2-13)15-7(4-14)8(6)9(11)12/h3,9H,1H2. The molecular formula is C9H4BrF2N3. The van der Waals surface area contributed by atoms with Crippen molar-refractivity contribution in [1.82, 2.24) is 4.98 Å². The van der Waals surface area contributed by atoms with Gasteiger partial charge in [0.25, 0.3) is 6.43 Å². The van der Waals surface area contributed by atoms with E-state index >= 15 is 0 Å². The first-order chi connectivity index (χ1) is 7.10. The van der Waals surface area contributed by atoms with E-state index in [2.05, 4.69) is 20.9 Å². The van der Waals surface area contributed by atoms with Crippen LogP contribution in [-0.2, 0) is 6.42 Å². The molecule has 15 heavy (non-hydrogen) atoms. The molecule has 0 aromatic carbocycles. The highest BCUT2D eigenvalue weighted by molar-refractivity contribution is 9.10. The lowest BCUT2D eigenvalue weighted by atomic mass is 10.1. The average molecular weight is 272 g/mol. The van der Waals surface area contributed by atoms with Crippen molar-refractivity contribution in [2.45, 2.75) is 12.8 Å². The van der Waals surface area contributed by atoms with E-state index in [1.807, 2.05) is 6.07 Å². The zero-order chi connectivity index (χ0) is 11.4. The molecule has 0 aliphatic rings. The molecule has 0 atom stereocenters. The second-order valence-electron chi connectivity index (χ2n) is 2.61. The van der Waals surface area contributed by atoms with Crippen LogP contribution in [0.4, 0.5) is 8.78 Å². The third kappa shape index (κ3) is 2.48. The van der Waals surface area contributed by atoms with Gasteiger partial charge in [0.15, 0.2) is 5.69 Å². The van der Waals surface area contributed by atoms with Gasteiger partial charge < -0.3 is 0 Å². The molecule has 0 spiro atoms. The average Bonchev–Trinajstić information content (AvgIpc) is 2.16. The van der Waals surface area contributed by atoms with Crippen LogP contribution in [0.25, 0.3) is 0 Å². The summed E-state index contributed by atoms with van der Waals surface area (Å²) in [7, 11) is 0. The Hall–Kier alpha value is -1.53. The van der Waals surface area contributed by atoms with Crippen LogP contribution in [0, 0.1) is 22.7 Å². The minimum Gasteiger partial charge on any atom is -0.240 e. The predicted molar refractivity (Wildman–Crippen MR) is 50.9 cm³/mol. The Morgan fingerprint density at radius 3 is 2.60 bits per heavy atom. The fourth-order valence-corrected chi connectivity index (χ4v) is 1.66. The molecule has 1 rings (SSSR count). The maximum absolute atomic E-state index is 12.5. The molecule has 0 saturated carbocycles. The summed E-state index contributed by atoms with van der Waals surface area (Å²) in [5.74, 6) is 0. The Morgan fingerprint density at radius 1 is 1.47 bits per heavy atom. The number of hydrogen-bond donors (Lipinski definition) is 0. The number of aromatic nitrogens is 1. The molecular weight excluding hydrogens is 268 g/mol. The first-order valence-corrected chi connectivity index (χ1v) is 4.64. The third-order valence-electron chi connectivity index (χ3n) is 1.65. The van der Waals surface area contributed by atoms with Crippen LogP contribution in [-0.4, -0.2) is 4.98 Å². The van der Waals surface area contributed by atoms with Crippen molar-refractivity contribution >= 4 is 15.9 Å². The van der Waals surface area contributed by atoms with Crippen LogP contribution in [0.2, 0.25) is 0 Å². The van der Waals surface area contributed by atoms with Gasteiger partial charge in [-0.05, 0) is 6.07 Å². The lowest BCUT2D eigenvalue weighted by Crippen LogP contribution is -2.00. The van der Waals surface area contributed by atoms with Crippen LogP contribution in [0.5, 0.6) is 0 Å². The minimum absolute atomic E-state index is 0.0171. The molecule has 0 saturated heterocycles. The molecule has 0 aliphatic heterocycles. The molecule has 0 unspecified atom stereocenters. The van der Waals surface area contributed by atoms with Crippen molar-refractivity contribution in [2.75, 3.05) is 0 Å². The van der Waals surface area contributed by atoms with Gasteiger partial charge in [0.1, 0.15) is 6.07 Å². The van der Waals surface area contributed by atoms with Gasteiger partial charge in [0.2, 0.25) is 0 Å². The Balaban J connectivity index is 3.34. The molecule has 1 heterocycles. The molecule has 76 valence electrons. The topological polar surface area (TPSA) is 60.5 Å². The summed E-state index contributed by atoms with van der Waals surface area (Å²) >= 11 is 2.93. The number of nitrogens with zero attached hydrogens (tertiary/aromatic N) is 3. The van der Waals surface area contributed by atoms with Crippen LogP contribution in [0.3, 0.4) is 0 Å². The van der Waals surface area contributed by atoms with Gasteiger partial charge >= 0.3 is 0 Å². The molecule has 0 radical (unpaired) electrons. The first kappa shape index (κ1) is 11.5. The van der Waals surface area contributed by atoms with Gasteiger partial charge in [-0.1, -0.05) is 15.9 Å². The van der Waals surface area contributed by atoms with E-state index in [0.29, 0.717) is 5.69 Å². The normalized spacial score (nSPS) is 9.73. The summed E-state index contributed by atoms with van der Waals surface area (Å²) in [6.45, 7) is 0. The van der Waals surface area contributed by atoms with E-state index in [4.69, 9.17) is 10.5 Å². The number of alkyl halides is 2. The maximum atomic E-state index is 12.5. The van der Waals surface area contributed by atoms with Crippen LogP contribution in [0.15, 0.2) is 10.5 Å². The van der Waals surface area contributed by atoms with Crippen molar-refractivity contribution in [3.05, 3.63) is 27.5 Å². The Kier molecular flexibility index (Phi) is 3.70. The molecule has 6 heteroatoms. The van der Waals surface area contributed by atoms with Gasteiger partial charge in [0, 0.05) is 4.47 Å². The van der Waals surface area contributed by atoms with Crippen molar-refractivity contribution < 1.29 is 8.78 Å². The highest BCUT2D eigenvalue weighted by atomic mass is 79.9. The number of rotatable bonds is 2. The fraction of sp³-hybridized carbons (Fsp3) is 0.222. The zero-order valence-electron chi connectivity index (χ0n) is 7.34. The lowest BCUT2D eigenvalue weighted by molar-refractivity contribution is 0.149. The summed E-state index contributed by atoms with van der Waals surface area (Å²) in [4.78, 5) is 3.67. The number of pyridine rings is 1. The van der Waals surface area contributed by atoms with Crippen molar-refractivity contribution in [1.29, 1.82) is 10.5 Å². The third-order valence-corrected chi connectivity index (χ3v) is 2.30. The largest absolute Gasteiger partial charge is 0.267 e. The predicted octanol–water partition coefficient (Wildman–Crippen LogP) is 2.72. The molecule has 3 nitrogen and oxygen atoms in total. The molecule has 0 bridgehead atoms. The van der Waals surface area contributed by atoms with Crippen molar-refractivity contribution in [2.24, 2.45) is 0 Å². The SMILES string of the molecule is N#CCc1cc(Br)c(C(F)F)c(C#N)n1. The Bertz CT molecular complexity index is 460. The van der Waals surface area contributed by atoms with E-state index in [9.17, 15) is 8.78 Å². The van der Waals surface area contributed by atoms with Gasteiger partial charge in [-0.25, -0.2) is 13.8 Å². The summed E-state index contributed by atoms with van der Waals surface area (Å²) < 4.78 is 25.1. The lowest BCUT2D eigenvalue weighted by Gasteiger charge is -2.06. The van der Waals surface area contributed by atoms with Crippen LogP contribution < -0.4 is 0 Å². The van der Waals surface area contributed by atoms with Gasteiger partial charge in [0.05, 0.1) is 23.7 Å². The Morgan fingerprint density at radius 2 is 2.13 bits per heavy atom. The van der Waals surface area contributed by atoms with E-state index < -0.39 is 12.0 Å². The molecule has 1 aromatic heterocycles. The summed E-state index contributed by atoms with van der Waals surface area (Å²) in [6.07, 6.45) is -2.78. The Labute approximate surface area is 93.1 Å². The smallest absolute Gasteiger partial charge is 0.240 e. The van der Waals surface area contributed by atoms with Gasteiger partial charge in [-0.15, -0.1) is 0 Å². The van der Waals surface area contributed by atoms with Crippen LogP contribution in [0.1, 0.15) is 23.4 Å². The second-order valence-corrected chi connectivity index (χ2v) is 3.46. The highest BCUT2D eigenvalue weighted by Gasteiger charge is 2.19. The van der Waals surface area contributed by atoms with Crippen molar-refractivity contribution in [3.63, 3.8) is 0 Å². The summed E-state index contributed by atoms with van der Waals surface area (Å²) in [6, 6.07) is 4.74. The van der Waals surface area contributed by atoms with E-state index in [1.54, 1.807) is 6.07 Å². The fourth-order valence-electron chi connectivity index (χ4n) is 1.04. The molecule has 0 amide bonds. The minimum atomic E-state index is -2.77. The van der Waals surface area contributed by atoms with E-state index in [1.165, 1.54) is 6.07 Å².